The van der Waals surface area contributed by atoms with Crippen molar-refractivity contribution < 1.29 is 4.79 Å². The first-order valence-electron chi connectivity index (χ1n) is 11.7. The monoisotopic (exact) mass is 472 g/mol. The summed E-state index contributed by atoms with van der Waals surface area (Å²) in [7, 11) is 5.31. The molecule has 0 unspecified atom stereocenters. The lowest BCUT2D eigenvalue weighted by atomic mass is 9.79. The van der Waals surface area contributed by atoms with Gasteiger partial charge < -0.3 is 20.4 Å². The van der Waals surface area contributed by atoms with E-state index in [-0.39, 0.29) is 5.91 Å². The van der Waals surface area contributed by atoms with E-state index in [1.807, 2.05) is 25.5 Å². The number of carbonyl (C=O) groups is 1. The molecule has 1 amide bonds. The van der Waals surface area contributed by atoms with Gasteiger partial charge in [0.05, 0.1) is 41.1 Å². The molecule has 2 fully saturated rings. The summed E-state index contributed by atoms with van der Waals surface area (Å²) < 4.78 is 3.43. The standard InChI is InChI=1S/C24H28N10O/c1-31(2)22(35)19-8-18-11-27-23(30-34(18)21(19)16-9-28-32(3)12-16)29-20-5-4-17(10-26-20)33-14-24(15-33)6-7-25-13-24/h4-5,8-12,25H,6-7,13-15H2,1-3H3,(H,26,29,30). The number of rotatable bonds is 5. The molecule has 0 aromatic carbocycles. The van der Waals surface area contributed by atoms with E-state index in [1.165, 1.54) is 6.42 Å². The first kappa shape index (κ1) is 21.5. The molecular weight excluding hydrogens is 444 g/mol. The summed E-state index contributed by atoms with van der Waals surface area (Å²) in [6.07, 6.45) is 8.43. The van der Waals surface area contributed by atoms with E-state index in [0.29, 0.717) is 28.4 Å². The molecule has 4 aromatic heterocycles. The second kappa shape index (κ2) is 8.05. The fourth-order valence-corrected chi connectivity index (χ4v) is 5.02. The minimum atomic E-state index is -0.109. The number of fused-ring (bicyclic) bond motifs is 1. The van der Waals surface area contributed by atoms with E-state index in [0.717, 1.165) is 42.9 Å². The van der Waals surface area contributed by atoms with Crippen LogP contribution in [-0.4, -0.2) is 80.4 Å². The summed E-state index contributed by atoms with van der Waals surface area (Å²) >= 11 is 0. The van der Waals surface area contributed by atoms with Crippen molar-refractivity contribution in [2.75, 3.05) is 50.5 Å². The summed E-state index contributed by atoms with van der Waals surface area (Å²) in [4.78, 5) is 25.8. The van der Waals surface area contributed by atoms with Crippen molar-refractivity contribution in [2.45, 2.75) is 6.42 Å². The number of pyridine rings is 1. The fourth-order valence-electron chi connectivity index (χ4n) is 5.02. The van der Waals surface area contributed by atoms with Crippen LogP contribution in [-0.2, 0) is 7.05 Å². The maximum absolute atomic E-state index is 12.9. The van der Waals surface area contributed by atoms with Crippen molar-refractivity contribution in [3.05, 3.63) is 48.5 Å². The van der Waals surface area contributed by atoms with Crippen LogP contribution in [0, 0.1) is 5.41 Å². The lowest BCUT2D eigenvalue weighted by molar-refractivity contribution is 0.0828. The number of carbonyl (C=O) groups excluding carboxylic acids is 1. The van der Waals surface area contributed by atoms with Crippen molar-refractivity contribution in [3.63, 3.8) is 0 Å². The second-order valence-electron chi connectivity index (χ2n) is 9.74. The molecule has 6 heterocycles. The first-order valence-corrected chi connectivity index (χ1v) is 11.7. The van der Waals surface area contributed by atoms with Gasteiger partial charge >= 0.3 is 0 Å². The molecule has 4 aromatic rings. The van der Waals surface area contributed by atoms with Crippen LogP contribution in [0.3, 0.4) is 0 Å². The molecule has 0 aliphatic carbocycles. The molecule has 2 saturated heterocycles. The summed E-state index contributed by atoms with van der Waals surface area (Å²) in [6, 6.07) is 5.83. The minimum Gasteiger partial charge on any atom is -0.369 e. The normalized spacial score (nSPS) is 16.6. The quantitative estimate of drug-likeness (QED) is 0.453. The topological polar surface area (TPSA) is 109 Å². The number of hydrogen-bond acceptors (Lipinski definition) is 8. The Labute approximate surface area is 202 Å². The van der Waals surface area contributed by atoms with Crippen LogP contribution < -0.4 is 15.5 Å². The summed E-state index contributed by atoms with van der Waals surface area (Å²) in [5.74, 6) is 0.940. The third-order valence-corrected chi connectivity index (χ3v) is 6.87. The van der Waals surface area contributed by atoms with Gasteiger partial charge in [0, 0.05) is 58.0 Å². The van der Waals surface area contributed by atoms with Gasteiger partial charge in [0.1, 0.15) is 5.82 Å². The maximum atomic E-state index is 12.9. The highest BCUT2D eigenvalue weighted by atomic mass is 16.2. The molecule has 0 saturated carbocycles. The lowest BCUT2D eigenvalue weighted by Gasteiger charge is -2.49. The van der Waals surface area contributed by atoms with Crippen LogP contribution in [0.25, 0.3) is 16.8 Å². The molecule has 6 rings (SSSR count). The van der Waals surface area contributed by atoms with Gasteiger partial charge in [-0.25, -0.2) is 14.5 Å². The van der Waals surface area contributed by atoms with Crippen LogP contribution in [0.1, 0.15) is 16.8 Å². The zero-order valence-electron chi connectivity index (χ0n) is 20.1. The molecule has 11 nitrogen and oxygen atoms in total. The van der Waals surface area contributed by atoms with Gasteiger partial charge in [-0.3, -0.25) is 9.48 Å². The molecule has 35 heavy (non-hydrogen) atoms. The van der Waals surface area contributed by atoms with Gasteiger partial charge in [0.25, 0.3) is 5.91 Å². The Hall–Kier alpha value is -3.99. The first-order chi connectivity index (χ1) is 16.9. The van der Waals surface area contributed by atoms with Gasteiger partial charge in [0.15, 0.2) is 0 Å². The average molecular weight is 473 g/mol. The number of nitrogens with zero attached hydrogens (tertiary/aromatic N) is 8. The average Bonchev–Trinajstić information content (AvgIpc) is 3.56. The molecule has 2 aliphatic heterocycles. The second-order valence-corrected chi connectivity index (χ2v) is 9.74. The molecule has 1 spiro atoms. The van der Waals surface area contributed by atoms with Crippen LogP contribution in [0.2, 0.25) is 0 Å². The van der Waals surface area contributed by atoms with E-state index in [1.54, 1.807) is 46.7 Å². The fraction of sp³-hybridized carbons (Fsp3) is 0.375. The Kier molecular flexibility index (Phi) is 4.95. The van der Waals surface area contributed by atoms with Crippen LogP contribution in [0.15, 0.2) is 43.0 Å². The third-order valence-electron chi connectivity index (χ3n) is 6.87. The molecule has 0 atom stereocenters. The highest BCUT2D eigenvalue weighted by Crippen LogP contribution is 2.38. The van der Waals surface area contributed by atoms with Gasteiger partial charge in [-0.15, -0.1) is 5.10 Å². The van der Waals surface area contributed by atoms with Crippen LogP contribution in [0.5, 0.6) is 0 Å². The number of amides is 1. The Morgan fingerprint density at radius 1 is 1.17 bits per heavy atom. The smallest absolute Gasteiger partial charge is 0.255 e. The predicted molar refractivity (Wildman–Crippen MR) is 133 cm³/mol. The lowest BCUT2D eigenvalue weighted by Crippen LogP contribution is -2.57. The molecule has 0 radical (unpaired) electrons. The van der Waals surface area contributed by atoms with Crippen molar-refractivity contribution in [1.29, 1.82) is 0 Å². The molecular formula is C24H28N10O. The molecule has 180 valence electrons. The minimum absolute atomic E-state index is 0.109. The van der Waals surface area contributed by atoms with E-state index < -0.39 is 0 Å². The highest BCUT2D eigenvalue weighted by molar-refractivity contribution is 6.01. The Bertz CT molecular complexity index is 1390. The molecule has 2 N–H and O–H groups in total. The number of aromatic nitrogens is 6. The number of nitrogens with one attached hydrogen (secondary N) is 2. The Morgan fingerprint density at radius 3 is 2.69 bits per heavy atom. The SMILES string of the molecule is CN(C)C(=O)c1cc2cnc(Nc3ccc(N4CC5(CCNC5)C4)cn3)nn2c1-c1cnn(C)c1. The highest BCUT2D eigenvalue weighted by Gasteiger charge is 2.44. The maximum Gasteiger partial charge on any atom is 0.255 e. The third kappa shape index (κ3) is 3.77. The van der Waals surface area contributed by atoms with Crippen molar-refractivity contribution in [1.82, 2.24) is 39.6 Å². The summed E-state index contributed by atoms with van der Waals surface area (Å²) in [5, 5.41) is 15.6. The predicted octanol–water partition coefficient (Wildman–Crippen LogP) is 1.77. The van der Waals surface area contributed by atoms with E-state index in [2.05, 4.69) is 41.8 Å². The summed E-state index contributed by atoms with van der Waals surface area (Å²) in [6.45, 7) is 4.38. The number of anilines is 3. The van der Waals surface area contributed by atoms with Crippen LogP contribution >= 0.6 is 0 Å². The molecule has 11 heteroatoms. The number of aryl methyl sites for hydroxylation is 1. The largest absolute Gasteiger partial charge is 0.369 e. The van der Waals surface area contributed by atoms with Crippen LogP contribution in [0.4, 0.5) is 17.5 Å². The Morgan fingerprint density at radius 2 is 2.03 bits per heavy atom. The summed E-state index contributed by atoms with van der Waals surface area (Å²) in [5.41, 5.74) is 4.30. The van der Waals surface area contributed by atoms with Gasteiger partial charge in [-0.05, 0) is 31.2 Å². The van der Waals surface area contributed by atoms with E-state index in [4.69, 9.17) is 0 Å². The van der Waals surface area contributed by atoms with Gasteiger partial charge in [-0.2, -0.15) is 5.10 Å². The van der Waals surface area contributed by atoms with Crippen molar-refractivity contribution in [2.24, 2.45) is 12.5 Å². The molecule has 2 aliphatic rings. The zero-order valence-corrected chi connectivity index (χ0v) is 20.1. The molecule has 0 bridgehead atoms. The van der Waals surface area contributed by atoms with E-state index >= 15 is 0 Å². The van der Waals surface area contributed by atoms with E-state index in [9.17, 15) is 4.79 Å². The van der Waals surface area contributed by atoms with Gasteiger partial charge in [0.2, 0.25) is 5.95 Å². The van der Waals surface area contributed by atoms with Crippen molar-refractivity contribution >= 4 is 28.9 Å². The van der Waals surface area contributed by atoms with Gasteiger partial charge in [-0.1, -0.05) is 0 Å². The zero-order chi connectivity index (χ0) is 24.2. The number of hydrogen-bond donors (Lipinski definition) is 2. The van der Waals surface area contributed by atoms with Crippen molar-refractivity contribution in [3.8, 4) is 11.3 Å². The Balaban J connectivity index is 1.27.